The van der Waals surface area contributed by atoms with E-state index in [1.165, 1.54) is 5.56 Å². The highest BCUT2D eigenvalue weighted by atomic mass is 35.5. The average Bonchev–Trinajstić information content (AvgIpc) is 2.47. The van der Waals surface area contributed by atoms with Gasteiger partial charge >= 0.3 is 0 Å². The van der Waals surface area contributed by atoms with Gasteiger partial charge in [0.25, 0.3) is 0 Å². The minimum atomic E-state index is 0.374. The summed E-state index contributed by atoms with van der Waals surface area (Å²) in [5, 5.41) is 0.374. The summed E-state index contributed by atoms with van der Waals surface area (Å²) in [6.45, 7) is 2.62. The van der Waals surface area contributed by atoms with Crippen LogP contribution in [0.1, 0.15) is 18.3 Å². The quantitative estimate of drug-likeness (QED) is 0.766. The molecule has 0 aliphatic carbocycles. The first-order valence-electron chi connectivity index (χ1n) is 6.50. The van der Waals surface area contributed by atoms with Crippen LogP contribution >= 0.6 is 11.6 Å². The van der Waals surface area contributed by atoms with Gasteiger partial charge < -0.3 is 9.47 Å². The molecule has 0 spiro atoms. The molecule has 106 valence electrons. The Bertz CT molecular complexity index is 558. The third-order valence-corrected chi connectivity index (χ3v) is 3.05. The largest absolute Gasteiger partial charge is 0.493 e. The second kappa shape index (κ2) is 7.10. The van der Waals surface area contributed by atoms with Crippen LogP contribution in [0.2, 0.25) is 5.15 Å². The molecular formula is C15H17ClN2O2. The number of aryl methyl sites for hydroxylation is 1. The third-order valence-electron chi connectivity index (χ3n) is 2.85. The van der Waals surface area contributed by atoms with Gasteiger partial charge in [0.05, 0.1) is 13.7 Å². The van der Waals surface area contributed by atoms with Gasteiger partial charge in [-0.25, -0.2) is 4.98 Å². The predicted molar refractivity (Wildman–Crippen MR) is 78.6 cm³/mol. The average molecular weight is 293 g/mol. The van der Waals surface area contributed by atoms with Gasteiger partial charge in [-0.15, -0.1) is 0 Å². The second-order valence-corrected chi connectivity index (χ2v) is 4.63. The Morgan fingerprint density at radius 1 is 1.15 bits per heavy atom. The van der Waals surface area contributed by atoms with E-state index < -0.39 is 0 Å². The first-order valence-corrected chi connectivity index (χ1v) is 6.88. The molecule has 0 aliphatic rings. The number of nitrogens with zero attached hydrogens (tertiary/aromatic N) is 2. The second-order valence-electron chi connectivity index (χ2n) is 4.25. The molecule has 0 saturated heterocycles. The molecule has 0 amide bonds. The zero-order valence-corrected chi connectivity index (χ0v) is 12.4. The summed E-state index contributed by atoms with van der Waals surface area (Å²) < 4.78 is 10.7. The van der Waals surface area contributed by atoms with E-state index in [9.17, 15) is 0 Å². The number of hydrogen-bond acceptors (Lipinski definition) is 4. The number of benzene rings is 1. The molecule has 1 heterocycles. The first kappa shape index (κ1) is 14.6. The van der Waals surface area contributed by atoms with Gasteiger partial charge in [0.1, 0.15) is 16.7 Å². The van der Waals surface area contributed by atoms with Crippen LogP contribution in [0.15, 0.2) is 30.3 Å². The van der Waals surface area contributed by atoms with Crippen molar-refractivity contribution in [1.82, 2.24) is 9.97 Å². The smallest absolute Gasteiger partial charge is 0.217 e. The molecule has 20 heavy (non-hydrogen) atoms. The predicted octanol–water partition coefficient (Wildman–Crippen LogP) is 3.32. The molecule has 1 aromatic carbocycles. The maximum absolute atomic E-state index is 5.89. The van der Waals surface area contributed by atoms with E-state index in [1.54, 1.807) is 13.2 Å². The lowest BCUT2D eigenvalue weighted by molar-refractivity contribution is 0.317. The summed E-state index contributed by atoms with van der Waals surface area (Å²) in [6, 6.07) is 9.65. The number of hydrogen-bond donors (Lipinski definition) is 0. The minimum Gasteiger partial charge on any atom is -0.493 e. The van der Waals surface area contributed by atoms with Crippen molar-refractivity contribution in [2.24, 2.45) is 0 Å². The van der Waals surface area contributed by atoms with E-state index in [0.717, 1.165) is 12.2 Å². The van der Waals surface area contributed by atoms with Gasteiger partial charge in [-0.2, -0.15) is 4.98 Å². The fraction of sp³-hybridized carbons (Fsp3) is 0.333. The van der Waals surface area contributed by atoms with Crippen molar-refractivity contribution in [2.45, 2.75) is 19.8 Å². The molecule has 0 bridgehead atoms. The van der Waals surface area contributed by atoms with Gasteiger partial charge in [-0.1, -0.05) is 30.7 Å². The van der Waals surface area contributed by atoms with Crippen LogP contribution in [0.5, 0.6) is 11.6 Å². The van der Waals surface area contributed by atoms with Crippen molar-refractivity contribution in [3.05, 3.63) is 46.9 Å². The summed E-state index contributed by atoms with van der Waals surface area (Å²) in [7, 11) is 1.55. The number of methoxy groups -OCH3 is 1. The maximum atomic E-state index is 5.89. The lowest BCUT2D eigenvalue weighted by atomic mass is 10.2. The zero-order chi connectivity index (χ0) is 14.4. The summed E-state index contributed by atoms with van der Waals surface area (Å²) in [6.07, 6.45) is 1.60. The monoisotopic (exact) mass is 292 g/mol. The van der Waals surface area contributed by atoms with Crippen molar-refractivity contribution in [2.75, 3.05) is 13.7 Å². The van der Waals surface area contributed by atoms with Gasteiger partial charge in [0, 0.05) is 12.5 Å². The van der Waals surface area contributed by atoms with Crippen LogP contribution in [0.25, 0.3) is 0 Å². The fourth-order valence-corrected chi connectivity index (χ4v) is 1.93. The Hall–Kier alpha value is -1.81. The highest BCUT2D eigenvalue weighted by Crippen LogP contribution is 2.15. The summed E-state index contributed by atoms with van der Waals surface area (Å²) in [5.74, 6) is 1.92. The van der Waals surface area contributed by atoms with Crippen molar-refractivity contribution in [1.29, 1.82) is 0 Å². The molecule has 0 atom stereocenters. The van der Waals surface area contributed by atoms with Crippen molar-refractivity contribution in [3.63, 3.8) is 0 Å². The minimum absolute atomic E-state index is 0.374. The first-order chi connectivity index (χ1) is 9.71. The Morgan fingerprint density at radius 2 is 1.90 bits per heavy atom. The van der Waals surface area contributed by atoms with Crippen LogP contribution < -0.4 is 9.47 Å². The van der Waals surface area contributed by atoms with Crippen LogP contribution in [0.4, 0.5) is 0 Å². The Balaban J connectivity index is 1.90. The van der Waals surface area contributed by atoms with Crippen molar-refractivity contribution in [3.8, 4) is 11.6 Å². The van der Waals surface area contributed by atoms with Gasteiger partial charge in [0.2, 0.25) is 5.88 Å². The number of aromatic nitrogens is 2. The van der Waals surface area contributed by atoms with Gasteiger partial charge in [-0.3, -0.25) is 0 Å². The number of rotatable bonds is 6. The Morgan fingerprint density at radius 3 is 2.55 bits per heavy atom. The molecule has 0 saturated carbocycles. The SMILES string of the molecule is CCc1ccc(OCCc2nc(Cl)cc(OC)n2)cc1. The molecule has 0 unspecified atom stereocenters. The molecule has 0 N–H and O–H groups in total. The molecule has 2 rings (SSSR count). The maximum Gasteiger partial charge on any atom is 0.217 e. The molecule has 0 fully saturated rings. The normalized spacial score (nSPS) is 10.3. The lowest BCUT2D eigenvalue weighted by Gasteiger charge is -2.07. The summed E-state index contributed by atoms with van der Waals surface area (Å²) >= 11 is 5.89. The van der Waals surface area contributed by atoms with E-state index in [4.69, 9.17) is 21.1 Å². The topological polar surface area (TPSA) is 44.2 Å². The van der Waals surface area contributed by atoms with Crippen LogP contribution in [-0.4, -0.2) is 23.7 Å². The summed E-state index contributed by atoms with van der Waals surface area (Å²) in [4.78, 5) is 8.35. The highest BCUT2D eigenvalue weighted by molar-refractivity contribution is 6.29. The molecule has 5 heteroatoms. The van der Waals surface area contributed by atoms with Crippen LogP contribution in [-0.2, 0) is 12.8 Å². The van der Waals surface area contributed by atoms with Crippen molar-refractivity contribution >= 4 is 11.6 Å². The van der Waals surface area contributed by atoms with E-state index in [0.29, 0.717) is 29.9 Å². The molecule has 4 nitrogen and oxygen atoms in total. The fourth-order valence-electron chi connectivity index (χ4n) is 1.74. The molecule has 1 aromatic heterocycles. The highest BCUT2D eigenvalue weighted by Gasteiger charge is 2.04. The lowest BCUT2D eigenvalue weighted by Crippen LogP contribution is -2.06. The molecule has 0 radical (unpaired) electrons. The summed E-state index contributed by atoms with van der Waals surface area (Å²) in [5.41, 5.74) is 1.29. The van der Waals surface area contributed by atoms with Gasteiger partial charge in [0.15, 0.2) is 0 Å². The molecular weight excluding hydrogens is 276 g/mol. The number of ether oxygens (including phenoxy) is 2. The third kappa shape index (κ3) is 4.10. The molecule has 0 aliphatic heterocycles. The molecule has 2 aromatic rings. The van der Waals surface area contributed by atoms with Crippen LogP contribution in [0.3, 0.4) is 0 Å². The Labute approximate surface area is 123 Å². The number of halogens is 1. The van der Waals surface area contributed by atoms with Gasteiger partial charge in [-0.05, 0) is 24.1 Å². The Kier molecular flexibility index (Phi) is 5.18. The zero-order valence-electron chi connectivity index (χ0n) is 11.6. The van der Waals surface area contributed by atoms with E-state index in [-0.39, 0.29) is 0 Å². The van der Waals surface area contributed by atoms with Crippen molar-refractivity contribution < 1.29 is 9.47 Å². The van der Waals surface area contributed by atoms with Crippen LogP contribution in [0, 0.1) is 0 Å². The van der Waals surface area contributed by atoms with E-state index >= 15 is 0 Å². The van der Waals surface area contributed by atoms with E-state index in [1.807, 2.05) is 12.1 Å². The van der Waals surface area contributed by atoms with E-state index in [2.05, 4.69) is 29.0 Å². The standard InChI is InChI=1S/C15H17ClN2O2/c1-3-11-4-6-12(7-5-11)20-9-8-14-17-13(16)10-15(18-14)19-2/h4-7,10H,3,8-9H2,1-2H3.